The lowest BCUT2D eigenvalue weighted by Gasteiger charge is -2.13. The van der Waals surface area contributed by atoms with Gasteiger partial charge in [-0.2, -0.15) is 0 Å². The van der Waals surface area contributed by atoms with E-state index in [2.05, 4.69) is 20.3 Å². The summed E-state index contributed by atoms with van der Waals surface area (Å²) in [6, 6.07) is 9.80. The smallest absolute Gasteiger partial charge is 0.132 e. The van der Waals surface area contributed by atoms with Crippen molar-refractivity contribution in [3.05, 3.63) is 53.3 Å². The summed E-state index contributed by atoms with van der Waals surface area (Å²) in [7, 11) is 0. The Morgan fingerprint density at radius 3 is 2.65 bits per heavy atom. The third kappa shape index (κ3) is 3.72. The van der Waals surface area contributed by atoms with Crippen LogP contribution in [-0.2, 0) is 5.54 Å². The Bertz CT molecular complexity index is 820. The van der Waals surface area contributed by atoms with Gasteiger partial charge in [-0.1, -0.05) is 6.07 Å². The number of nitrogens with zero attached hydrogens (tertiary/aromatic N) is 3. The Kier molecular flexibility index (Phi) is 4.11. The van der Waals surface area contributed by atoms with Crippen molar-refractivity contribution in [3.63, 3.8) is 0 Å². The highest BCUT2D eigenvalue weighted by Crippen LogP contribution is 2.30. The first-order valence-corrected chi connectivity index (χ1v) is 8.16. The molecule has 5 nitrogen and oxygen atoms in total. The summed E-state index contributed by atoms with van der Waals surface area (Å²) in [5.74, 6) is 1.53. The summed E-state index contributed by atoms with van der Waals surface area (Å²) in [6.07, 6.45) is 3.60. The van der Waals surface area contributed by atoms with E-state index in [0.717, 1.165) is 32.8 Å². The summed E-state index contributed by atoms with van der Waals surface area (Å²) in [5.41, 5.74) is 7.68. The van der Waals surface area contributed by atoms with Gasteiger partial charge in [0.05, 0.1) is 16.1 Å². The quantitative estimate of drug-likeness (QED) is 0.762. The van der Waals surface area contributed by atoms with Crippen molar-refractivity contribution in [3.8, 4) is 10.6 Å². The molecule has 118 valence electrons. The largest absolute Gasteiger partial charge is 0.325 e. The Morgan fingerprint density at radius 1 is 1.13 bits per heavy atom. The van der Waals surface area contributed by atoms with Crippen molar-refractivity contribution < 1.29 is 0 Å². The van der Waals surface area contributed by atoms with Gasteiger partial charge in [-0.15, -0.1) is 11.3 Å². The van der Waals surface area contributed by atoms with E-state index in [1.807, 2.05) is 57.3 Å². The van der Waals surface area contributed by atoms with Crippen LogP contribution in [0.2, 0.25) is 0 Å². The lowest BCUT2D eigenvalue weighted by Crippen LogP contribution is -2.28. The van der Waals surface area contributed by atoms with Gasteiger partial charge in [0.1, 0.15) is 16.6 Å². The predicted octanol–water partition coefficient (Wildman–Crippen LogP) is 3.85. The van der Waals surface area contributed by atoms with Crippen LogP contribution in [0.1, 0.15) is 24.4 Å². The molecule has 3 heterocycles. The molecule has 0 fully saturated rings. The monoisotopic (exact) mass is 325 g/mol. The fraction of sp³-hybridized carbons (Fsp3) is 0.235. The number of pyridine rings is 2. The third-order valence-corrected chi connectivity index (χ3v) is 4.59. The van der Waals surface area contributed by atoms with Gasteiger partial charge in [0.2, 0.25) is 0 Å². The first kappa shape index (κ1) is 15.6. The van der Waals surface area contributed by atoms with Crippen molar-refractivity contribution >= 4 is 23.0 Å². The van der Waals surface area contributed by atoms with Gasteiger partial charge >= 0.3 is 0 Å². The highest BCUT2D eigenvalue weighted by Gasteiger charge is 2.19. The molecule has 0 atom stereocenters. The van der Waals surface area contributed by atoms with Gasteiger partial charge in [0.25, 0.3) is 0 Å². The van der Waals surface area contributed by atoms with E-state index in [0.29, 0.717) is 0 Å². The minimum atomic E-state index is -0.440. The maximum Gasteiger partial charge on any atom is 0.132 e. The fourth-order valence-corrected chi connectivity index (χ4v) is 2.97. The molecule has 3 aromatic rings. The Balaban J connectivity index is 1.86. The molecule has 0 amide bonds. The summed E-state index contributed by atoms with van der Waals surface area (Å²) in [4.78, 5) is 14.3. The summed E-state index contributed by atoms with van der Waals surface area (Å²) < 4.78 is 0. The van der Waals surface area contributed by atoms with Crippen molar-refractivity contribution in [2.24, 2.45) is 5.73 Å². The summed E-state index contributed by atoms with van der Waals surface area (Å²) >= 11 is 1.57. The number of aryl methyl sites for hydroxylation is 1. The zero-order valence-electron chi connectivity index (χ0n) is 13.4. The minimum Gasteiger partial charge on any atom is -0.325 e. The zero-order chi connectivity index (χ0) is 16.4. The summed E-state index contributed by atoms with van der Waals surface area (Å²) in [6.45, 7) is 5.93. The number of aromatic nitrogens is 3. The Hall–Kier alpha value is -2.31. The molecule has 3 aromatic heterocycles. The van der Waals surface area contributed by atoms with E-state index in [4.69, 9.17) is 5.73 Å². The molecule has 23 heavy (non-hydrogen) atoms. The number of hydrogen-bond acceptors (Lipinski definition) is 6. The number of nitrogens with two attached hydrogens (primary N) is 1. The van der Waals surface area contributed by atoms with E-state index in [1.165, 1.54) is 0 Å². The number of anilines is 2. The average molecular weight is 325 g/mol. The topological polar surface area (TPSA) is 76.7 Å². The van der Waals surface area contributed by atoms with Gasteiger partial charge in [0, 0.05) is 12.4 Å². The van der Waals surface area contributed by atoms with Gasteiger partial charge < -0.3 is 11.1 Å². The van der Waals surface area contributed by atoms with Crippen molar-refractivity contribution in [2.75, 3.05) is 5.32 Å². The molecule has 3 N–H and O–H groups in total. The normalized spacial score (nSPS) is 11.5. The van der Waals surface area contributed by atoms with Crippen LogP contribution < -0.4 is 11.1 Å². The standard InChI is InChI=1S/C17H19N5S/c1-11-7-8-19-15(9-11)22-14-6-4-5-12(21-14)13-10-20-16(23-13)17(2,3)18/h4-10H,18H2,1-3H3,(H,19,21,22). The first-order chi connectivity index (χ1) is 10.9. The molecule has 0 spiro atoms. The van der Waals surface area contributed by atoms with E-state index in [9.17, 15) is 0 Å². The number of nitrogens with one attached hydrogen (secondary N) is 1. The lowest BCUT2D eigenvalue weighted by atomic mass is 10.1. The SMILES string of the molecule is Cc1ccnc(Nc2cccc(-c3cnc(C(C)(C)N)s3)n2)c1. The minimum absolute atomic E-state index is 0.440. The van der Waals surface area contributed by atoms with Crippen LogP contribution in [-0.4, -0.2) is 15.0 Å². The molecule has 0 bridgehead atoms. The fourth-order valence-electron chi connectivity index (χ4n) is 2.07. The highest BCUT2D eigenvalue weighted by atomic mass is 32.1. The Morgan fingerprint density at radius 2 is 1.96 bits per heavy atom. The van der Waals surface area contributed by atoms with Gasteiger partial charge in [-0.25, -0.2) is 15.0 Å². The molecule has 0 saturated carbocycles. The van der Waals surface area contributed by atoms with Crippen molar-refractivity contribution in [2.45, 2.75) is 26.3 Å². The van der Waals surface area contributed by atoms with Gasteiger partial charge in [0.15, 0.2) is 0 Å². The van der Waals surface area contributed by atoms with Crippen LogP contribution in [0.4, 0.5) is 11.6 Å². The molecular weight excluding hydrogens is 306 g/mol. The molecule has 0 aromatic carbocycles. The lowest BCUT2D eigenvalue weighted by molar-refractivity contribution is 0.550. The first-order valence-electron chi connectivity index (χ1n) is 7.34. The zero-order valence-corrected chi connectivity index (χ0v) is 14.2. The molecule has 0 aliphatic heterocycles. The second-order valence-corrected chi connectivity index (χ2v) is 7.03. The molecule has 0 saturated heterocycles. The van der Waals surface area contributed by atoms with E-state index < -0.39 is 5.54 Å². The maximum atomic E-state index is 6.10. The van der Waals surface area contributed by atoms with E-state index in [1.54, 1.807) is 17.5 Å². The van der Waals surface area contributed by atoms with E-state index >= 15 is 0 Å². The molecule has 0 aliphatic rings. The second-order valence-electron chi connectivity index (χ2n) is 6.00. The number of thiazole rings is 1. The van der Waals surface area contributed by atoms with Crippen LogP contribution in [0.5, 0.6) is 0 Å². The van der Waals surface area contributed by atoms with E-state index in [-0.39, 0.29) is 0 Å². The van der Waals surface area contributed by atoms with Crippen LogP contribution in [0, 0.1) is 6.92 Å². The van der Waals surface area contributed by atoms with Crippen LogP contribution in [0.25, 0.3) is 10.6 Å². The van der Waals surface area contributed by atoms with Crippen molar-refractivity contribution in [1.29, 1.82) is 0 Å². The van der Waals surface area contributed by atoms with Crippen LogP contribution in [0.15, 0.2) is 42.7 Å². The van der Waals surface area contributed by atoms with Crippen molar-refractivity contribution in [1.82, 2.24) is 15.0 Å². The van der Waals surface area contributed by atoms with Crippen LogP contribution in [0.3, 0.4) is 0 Å². The molecule has 0 unspecified atom stereocenters. The Labute approximate surface area is 139 Å². The molecule has 6 heteroatoms. The average Bonchev–Trinajstić information content (AvgIpc) is 2.97. The van der Waals surface area contributed by atoms with Gasteiger partial charge in [-0.05, 0) is 50.6 Å². The molecule has 0 radical (unpaired) electrons. The second kappa shape index (κ2) is 6.06. The molecular formula is C17H19N5S. The molecule has 3 rings (SSSR count). The summed E-state index contributed by atoms with van der Waals surface area (Å²) in [5, 5.41) is 4.13. The number of rotatable bonds is 4. The van der Waals surface area contributed by atoms with Crippen LogP contribution >= 0.6 is 11.3 Å². The molecule has 0 aliphatic carbocycles. The number of hydrogen-bond donors (Lipinski definition) is 2. The third-order valence-electron chi connectivity index (χ3n) is 3.23. The highest BCUT2D eigenvalue weighted by molar-refractivity contribution is 7.15. The van der Waals surface area contributed by atoms with Gasteiger partial charge in [-0.3, -0.25) is 0 Å². The maximum absolute atomic E-state index is 6.10. The predicted molar refractivity (Wildman–Crippen MR) is 94.8 cm³/mol.